The third-order valence-corrected chi connectivity index (χ3v) is 6.56. The zero-order valence-electron chi connectivity index (χ0n) is 13.4. The van der Waals surface area contributed by atoms with E-state index in [0.717, 1.165) is 16.5 Å². The van der Waals surface area contributed by atoms with Crippen LogP contribution in [0.15, 0.2) is 52.0 Å². The molecule has 0 aliphatic carbocycles. The number of hydrogen-bond donors (Lipinski definition) is 0. The summed E-state index contributed by atoms with van der Waals surface area (Å²) in [5.74, 6) is 0.494. The highest BCUT2D eigenvalue weighted by molar-refractivity contribution is 9.10. The monoisotopic (exact) mass is 410 g/mol. The summed E-state index contributed by atoms with van der Waals surface area (Å²) in [6.07, 6.45) is 2.99. The molecule has 2 heterocycles. The van der Waals surface area contributed by atoms with Gasteiger partial charge >= 0.3 is 0 Å². The van der Waals surface area contributed by atoms with Gasteiger partial charge in [-0.25, -0.2) is 13.4 Å². The molecule has 0 radical (unpaired) electrons. The highest BCUT2D eigenvalue weighted by Crippen LogP contribution is 2.27. The zero-order chi connectivity index (χ0) is 17.2. The van der Waals surface area contributed by atoms with Crippen LogP contribution >= 0.6 is 15.9 Å². The van der Waals surface area contributed by atoms with Gasteiger partial charge in [0.2, 0.25) is 15.9 Å². The van der Waals surface area contributed by atoms with Crippen LogP contribution in [0.4, 0.5) is 0 Å². The smallest absolute Gasteiger partial charge is 0.243 e. The van der Waals surface area contributed by atoms with E-state index in [1.807, 2.05) is 31.2 Å². The number of rotatable bonds is 5. The topological polar surface area (TPSA) is 59.5 Å². The van der Waals surface area contributed by atoms with Crippen molar-refractivity contribution in [1.29, 1.82) is 0 Å². The van der Waals surface area contributed by atoms with Gasteiger partial charge in [0.1, 0.15) is 6.10 Å². The standard InChI is InChI=1S/C17H19BrN2O3S/c1-2-13-5-7-15(8-6-13)24(21,22)20-11-9-14(12-20)23-17-16(18)4-3-10-19-17/h3-8,10,14H,2,9,11-12H2,1H3. The molecule has 1 saturated heterocycles. The molecule has 7 heteroatoms. The molecule has 5 nitrogen and oxygen atoms in total. The Morgan fingerprint density at radius 1 is 1.29 bits per heavy atom. The molecule has 0 amide bonds. The van der Waals surface area contributed by atoms with Gasteiger partial charge in [-0.05, 0) is 58.6 Å². The highest BCUT2D eigenvalue weighted by atomic mass is 79.9. The van der Waals surface area contributed by atoms with Gasteiger partial charge in [-0.3, -0.25) is 0 Å². The molecule has 0 spiro atoms. The summed E-state index contributed by atoms with van der Waals surface area (Å²) in [7, 11) is -3.48. The zero-order valence-corrected chi connectivity index (χ0v) is 15.8. The van der Waals surface area contributed by atoms with Gasteiger partial charge in [0, 0.05) is 12.7 Å². The molecular formula is C17H19BrN2O3S. The van der Waals surface area contributed by atoms with Crippen molar-refractivity contribution in [3.63, 3.8) is 0 Å². The van der Waals surface area contributed by atoms with Crippen molar-refractivity contribution in [2.24, 2.45) is 0 Å². The third kappa shape index (κ3) is 3.63. The number of nitrogens with zero attached hydrogens (tertiary/aromatic N) is 2. The summed E-state index contributed by atoms with van der Waals surface area (Å²) in [4.78, 5) is 4.50. The van der Waals surface area contributed by atoms with Crippen LogP contribution in [0.2, 0.25) is 0 Å². The molecule has 0 saturated carbocycles. The fourth-order valence-electron chi connectivity index (χ4n) is 2.67. The molecule has 0 bridgehead atoms. The lowest BCUT2D eigenvalue weighted by Gasteiger charge is -2.17. The van der Waals surface area contributed by atoms with Crippen LogP contribution in [0.5, 0.6) is 5.88 Å². The fourth-order valence-corrected chi connectivity index (χ4v) is 4.51. The summed E-state index contributed by atoms with van der Waals surface area (Å²) in [6, 6.07) is 10.7. The molecule has 1 aromatic carbocycles. The predicted molar refractivity (Wildman–Crippen MR) is 95.5 cm³/mol. The summed E-state index contributed by atoms with van der Waals surface area (Å²) >= 11 is 3.39. The van der Waals surface area contributed by atoms with Gasteiger partial charge in [0.05, 0.1) is 15.9 Å². The van der Waals surface area contributed by atoms with E-state index < -0.39 is 10.0 Å². The Hall–Kier alpha value is -1.44. The van der Waals surface area contributed by atoms with Gasteiger partial charge in [-0.2, -0.15) is 4.31 Å². The fraction of sp³-hybridized carbons (Fsp3) is 0.353. The van der Waals surface area contributed by atoms with Gasteiger partial charge in [-0.1, -0.05) is 19.1 Å². The predicted octanol–water partition coefficient (Wildman–Crippen LogP) is 3.25. The van der Waals surface area contributed by atoms with E-state index in [-0.39, 0.29) is 6.10 Å². The first-order valence-corrected chi connectivity index (χ1v) is 10.1. The van der Waals surface area contributed by atoms with E-state index in [0.29, 0.717) is 30.3 Å². The largest absolute Gasteiger partial charge is 0.472 e. The lowest BCUT2D eigenvalue weighted by atomic mass is 10.2. The van der Waals surface area contributed by atoms with Gasteiger partial charge in [-0.15, -0.1) is 0 Å². The van der Waals surface area contributed by atoms with E-state index in [1.54, 1.807) is 18.3 Å². The number of aryl methyl sites for hydroxylation is 1. The molecule has 1 atom stereocenters. The second-order valence-electron chi connectivity index (χ2n) is 5.68. The number of halogens is 1. The Kier molecular flexibility index (Phi) is 5.22. The molecule has 1 aliphatic rings. The molecule has 24 heavy (non-hydrogen) atoms. The van der Waals surface area contributed by atoms with Crippen LogP contribution in [0.25, 0.3) is 0 Å². The maximum atomic E-state index is 12.7. The van der Waals surface area contributed by atoms with Crippen molar-refractivity contribution in [3.8, 4) is 5.88 Å². The van der Waals surface area contributed by atoms with E-state index in [2.05, 4.69) is 20.9 Å². The number of ether oxygens (including phenoxy) is 1. The van der Waals surface area contributed by atoms with E-state index >= 15 is 0 Å². The SMILES string of the molecule is CCc1ccc(S(=O)(=O)N2CCC(Oc3ncccc3Br)C2)cc1. The van der Waals surface area contributed by atoms with E-state index in [1.165, 1.54) is 4.31 Å². The lowest BCUT2D eigenvalue weighted by molar-refractivity contribution is 0.205. The number of aromatic nitrogens is 1. The van der Waals surface area contributed by atoms with Gasteiger partial charge in [0.25, 0.3) is 0 Å². The summed E-state index contributed by atoms with van der Waals surface area (Å²) in [5, 5.41) is 0. The number of hydrogen-bond acceptors (Lipinski definition) is 4. The average molecular weight is 411 g/mol. The first-order valence-electron chi connectivity index (χ1n) is 7.87. The van der Waals surface area contributed by atoms with Crippen molar-refractivity contribution in [2.45, 2.75) is 30.8 Å². The van der Waals surface area contributed by atoms with E-state index in [9.17, 15) is 8.42 Å². The van der Waals surface area contributed by atoms with Crippen molar-refractivity contribution in [1.82, 2.24) is 9.29 Å². The van der Waals surface area contributed by atoms with Crippen LogP contribution in [0.1, 0.15) is 18.9 Å². The molecular weight excluding hydrogens is 392 g/mol. The molecule has 1 aliphatic heterocycles. The van der Waals surface area contributed by atoms with Gasteiger partial charge in [0.15, 0.2) is 0 Å². The first-order chi connectivity index (χ1) is 11.5. The lowest BCUT2D eigenvalue weighted by Crippen LogP contribution is -2.31. The second kappa shape index (κ2) is 7.21. The number of benzene rings is 1. The van der Waals surface area contributed by atoms with Crippen molar-refractivity contribution < 1.29 is 13.2 Å². The molecule has 1 unspecified atom stereocenters. The van der Waals surface area contributed by atoms with Crippen molar-refractivity contribution >= 4 is 26.0 Å². The van der Waals surface area contributed by atoms with Gasteiger partial charge < -0.3 is 4.74 Å². The Morgan fingerprint density at radius 3 is 2.71 bits per heavy atom. The van der Waals surface area contributed by atoms with Crippen molar-refractivity contribution in [2.75, 3.05) is 13.1 Å². The molecule has 1 fully saturated rings. The quantitative estimate of drug-likeness (QED) is 0.758. The molecule has 0 N–H and O–H groups in total. The minimum absolute atomic E-state index is 0.194. The molecule has 128 valence electrons. The van der Waals surface area contributed by atoms with E-state index in [4.69, 9.17) is 4.74 Å². The summed E-state index contributed by atoms with van der Waals surface area (Å²) in [5.41, 5.74) is 1.12. The molecule has 3 rings (SSSR count). The minimum atomic E-state index is -3.48. The Bertz CT molecular complexity index is 809. The maximum absolute atomic E-state index is 12.7. The highest BCUT2D eigenvalue weighted by Gasteiger charge is 2.34. The summed E-state index contributed by atoms with van der Waals surface area (Å²) < 4.78 is 33.6. The average Bonchev–Trinajstić information content (AvgIpc) is 3.06. The second-order valence-corrected chi connectivity index (χ2v) is 8.47. The van der Waals surface area contributed by atoms with Crippen molar-refractivity contribution in [3.05, 3.63) is 52.6 Å². The Balaban J connectivity index is 1.71. The Labute approximate surface area is 150 Å². The van der Waals surface area contributed by atoms with Crippen LogP contribution in [0.3, 0.4) is 0 Å². The van der Waals surface area contributed by atoms with Crippen LogP contribution < -0.4 is 4.74 Å². The van der Waals surface area contributed by atoms with Crippen LogP contribution in [0, 0.1) is 0 Å². The maximum Gasteiger partial charge on any atom is 0.243 e. The summed E-state index contributed by atoms with van der Waals surface area (Å²) in [6.45, 7) is 2.83. The van der Waals surface area contributed by atoms with Crippen LogP contribution in [-0.2, 0) is 16.4 Å². The minimum Gasteiger partial charge on any atom is -0.472 e. The van der Waals surface area contributed by atoms with Crippen LogP contribution in [-0.4, -0.2) is 36.9 Å². The normalized spacial score (nSPS) is 18.7. The molecule has 1 aromatic heterocycles. The number of pyridine rings is 1. The Morgan fingerprint density at radius 2 is 2.04 bits per heavy atom. The third-order valence-electron chi connectivity index (χ3n) is 4.08. The first kappa shape index (κ1) is 17.4. The molecule has 2 aromatic rings. The number of sulfonamides is 1.